The van der Waals surface area contributed by atoms with Gasteiger partial charge in [-0.2, -0.15) is 13.2 Å². The van der Waals surface area contributed by atoms with Crippen LogP contribution in [0.25, 0.3) is 6.08 Å². The van der Waals surface area contributed by atoms with E-state index in [9.17, 15) is 22.8 Å². The van der Waals surface area contributed by atoms with Crippen molar-refractivity contribution >= 4 is 34.2 Å². The Morgan fingerprint density at radius 2 is 1.87 bits per heavy atom. The number of benzene rings is 1. The van der Waals surface area contributed by atoms with Crippen molar-refractivity contribution in [1.29, 1.82) is 0 Å². The summed E-state index contributed by atoms with van der Waals surface area (Å²) < 4.78 is 37.3. The molecule has 120 valence electrons. The highest BCUT2D eigenvalue weighted by atomic mass is 32.1. The first-order valence-corrected chi connectivity index (χ1v) is 7.26. The molecule has 0 fully saturated rings. The molecule has 2 aromatic rings. The minimum absolute atomic E-state index is 0.206. The lowest BCUT2D eigenvalue weighted by Gasteiger charge is -2.05. The first-order chi connectivity index (χ1) is 10.8. The van der Waals surface area contributed by atoms with Crippen LogP contribution in [0.5, 0.6) is 0 Å². The number of nitrogens with zero attached hydrogens (tertiary/aromatic N) is 1. The molecular formula is C15H11F3N2O2S. The highest BCUT2D eigenvalue weighted by Gasteiger charge is 2.29. The van der Waals surface area contributed by atoms with Crippen molar-refractivity contribution < 1.29 is 22.8 Å². The van der Waals surface area contributed by atoms with E-state index in [2.05, 4.69) is 10.3 Å². The van der Waals surface area contributed by atoms with Gasteiger partial charge in [0.15, 0.2) is 10.9 Å². The summed E-state index contributed by atoms with van der Waals surface area (Å²) in [4.78, 5) is 26.7. The smallest absolute Gasteiger partial charge is 0.298 e. The predicted octanol–water partition coefficient (Wildman–Crippen LogP) is 4.02. The molecule has 0 aliphatic heterocycles. The summed E-state index contributed by atoms with van der Waals surface area (Å²) in [5.74, 6) is -0.698. The van der Waals surface area contributed by atoms with Gasteiger partial charge in [0.1, 0.15) is 5.69 Å². The standard InChI is InChI=1S/C15H11F3N2O2S/c1-9(21)12-8-23-14(19-12)20-13(22)7-4-10-2-5-11(6-3-10)15(16,17)18/h2-8H,1H3,(H,19,20,22)/b7-4+. The van der Waals surface area contributed by atoms with E-state index in [0.717, 1.165) is 23.5 Å². The molecule has 1 aromatic carbocycles. The van der Waals surface area contributed by atoms with Crippen LogP contribution >= 0.6 is 11.3 Å². The third-order valence-electron chi connectivity index (χ3n) is 2.76. The van der Waals surface area contributed by atoms with E-state index >= 15 is 0 Å². The van der Waals surface area contributed by atoms with Gasteiger partial charge in [-0.3, -0.25) is 14.9 Å². The zero-order valence-corrected chi connectivity index (χ0v) is 12.7. The number of nitrogens with one attached hydrogen (secondary N) is 1. The Hall–Kier alpha value is -2.48. The van der Waals surface area contributed by atoms with Crippen LogP contribution in [-0.2, 0) is 11.0 Å². The molecule has 2 rings (SSSR count). The van der Waals surface area contributed by atoms with Gasteiger partial charge in [-0.1, -0.05) is 12.1 Å². The van der Waals surface area contributed by atoms with E-state index in [4.69, 9.17) is 0 Å². The van der Waals surface area contributed by atoms with Crippen molar-refractivity contribution in [3.63, 3.8) is 0 Å². The lowest BCUT2D eigenvalue weighted by Crippen LogP contribution is -2.08. The molecule has 4 nitrogen and oxygen atoms in total. The lowest BCUT2D eigenvalue weighted by atomic mass is 10.1. The number of rotatable bonds is 4. The lowest BCUT2D eigenvalue weighted by molar-refractivity contribution is -0.137. The van der Waals surface area contributed by atoms with Crippen molar-refractivity contribution in [2.75, 3.05) is 5.32 Å². The van der Waals surface area contributed by atoms with Crippen LogP contribution in [0.1, 0.15) is 28.5 Å². The van der Waals surface area contributed by atoms with Gasteiger partial charge >= 0.3 is 6.18 Å². The molecule has 0 spiro atoms. The quantitative estimate of drug-likeness (QED) is 0.676. The third kappa shape index (κ3) is 4.75. The Bertz CT molecular complexity index is 749. The number of thiazole rings is 1. The van der Waals surface area contributed by atoms with Gasteiger partial charge in [-0.25, -0.2) is 4.98 Å². The molecule has 0 radical (unpaired) electrons. The first kappa shape index (κ1) is 16.9. The van der Waals surface area contributed by atoms with Gasteiger partial charge in [-0.15, -0.1) is 11.3 Å². The van der Waals surface area contributed by atoms with Crippen LogP contribution in [0.2, 0.25) is 0 Å². The van der Waals surface area contributed by atoms with E-state index in [1.165, 1.54) is 36.6 Å². The average Bonchev–Trinajstić information content (AvgIpc) is 2.93. The topological polar surface area (TPSA) is 59.1 Å². The van der Waals surface area contributed by atoms with Crippen molar-refractivity contribution in [3.8, 4) is 0 Å². The van der Waals surface area contributed by atoms with E-state index < -0.39 is 17.6 Å². The Labute approximate surface area is 133 Å². The highest BCUT2D eigenvalue weighted by Crippen LogP contribution is 2.29. The van der Waals surface area contributed by atoms with Crippen molar-refractivity contribution in [3.05, 3.63) is 52.5 Å². The Kier molecular flexibility index (Phi) is 4.95. The van der Waals surface area contributed by atoms with Crippen molar-refractivity contribution in [2.24, 2.45) is 0 Å². The zero-order chi connectivity index (χ0) is 17.0. The van der Waals surface area contributed by atoms with E-state index in [-0.39, 0.29) is 16.6 Å². The number of hydrogen-bond acceptors (Lipinski definition) is 4. The largest absolute Gasteiger partial charge is 0.416 e. The maximum absolute atomic E-state index is 12.4. The first-order valence-electron chi connectivity index (χ1n) is 6.38. The number of halogens is 3. The van der Waals surface area contributed by atoms with Gasteiger partial charge in [0.25, 0.3) is 0 Å². The van der Waals surface area contributed by atoms with E-state index in [1.807, 2.05) is 0 Å². The number of alkyl halides is 3. The molecule has 0 saturated carbocycles. The molecule has 0 aliphatic carbocycles. The van der Waals surface area contributed by atoms with Crippen LogP contribution in [0, 0.1) is 0 Å². The second-order valence-corrected chi connectivity index (χ2v) is 5.39. The predicted molar refractivity (Wildman–Crippen MR) is 81.2 cm³/mol. The summed E-state index contributed by atoms with van der Waals surface area (Å²) in [5.41, 5.74) is -0.0348. The number of carbonyl (C=O) groups excluding carboxylic acids is 2. The zero-order valence-electron chi connectivity index (χ0n) is 11.8. The van der Waals surface area contributed by atoms with Crippen LogP contribution < -0.4 is 5.32 Å². The summed E-state index contributed by atoms with van der Waals surface area (Å²) in [7, 11) is 0. The summed E-state index contributed by atoms with van der Waals surface area (Å²) in [6.07, 6.45) is -1.83. The maximum Gasteiger partial charge on any atom is 0.416 e. The number of Topliss-reactive ketones (excluding diaryl/α,β-unsaturated/α-hetero) is 1. The summed E-state index contributed by atoms with van der Waals surface area (Å²) >= 11 is 1.11. The molecule has 1 heterocycles. The number of hydrogen-bond donors (Lipinski definition) is 1. The Balaban J connectivity index is 1.99. The van der Waals surface area contributed by atoms with Crippen LogP contribution in [-0.4, -0.2) is 16.7 Å². The third-order valence-corrected chi connectivity index (χ3v) is 3.52. The van der Waals surface area contributed by atoms with Gasteiger partial charge < -0.3 is 0 Å². The molecule has 0 saturated heterocycles. The van der Waals surface area contributed by atoms with Crippen LogP contribution in [0.4, 0.5) is 18.3 Å². The van der Waals surface area contributed by atoms with Gasteiger partial charge in [0, 0.05) is 18.4 Å². The normalized spacial score (nSPS) is 11.7. The average molecular weight is 340 g/mol. The molecular weight excluding hydrogens is 329 g/mol. The van der Waals surface area contributed by atoms with Crippen molar-refractivity contribution in [2.45, 2.75) is 13.1 Å². The fraction of sp³-hybridized carbons (Fsp3) is 0.133. The molecule has 0 unspecified atom stereocenters. The molecule has 0 aliphatic rings. The number of amides is 1. The minimum Gasteiger partial charge on any atom is -0.298 e. The molecule has 0 bridgehead atoms. The number of ketones is 1. The monoisotopic (exact) mass is 340 g/mol. The minimum atomic E-state index is -4.39. The second kappa shape index (κ2) is 6.74. The van der Waals surface area contributed by atoms with Crippen LogP contribution in [0.3, 0.4) is 0 Å². The molecule has 23 heavy (non-hydrogen) atoms. The molecule has 1 N–H and O–H groups in total. The van der Waals surface area contributed by atoms with E-state index in [0.29, 0.717) is 5.56 Å². The Morgan fingerprint density at radius 3 is 2.39 bits per heavy atom. The molecule has 1 amide bonds. The number of anilines is 1. The Morgan fingerprint density at radius 1 is 1.22 bits per heavy atom. The highest BCUT2D eigenvalue weighted by molar-refractivity contribution is 7.14. The van der Waals surface area contributed by atoms with Gasteiger partial charge in [0.2, 0.25) is 5.91 Å². The summed E-state index contributed by atoms with van der Waals surface area (Å²) in [6, 6.07) is 4.42. The maximum atomic E-state index is 12.4. The van der Waals surface area contributed by atoms with Gasteiger partial charge in [-0.05, 0) is 23.8 Å². The molecule has 8 heteroatoms. The number of aromatic nitrogens is 1. The fourth-order valence-electron chi connectivity index (χ4n) is 1.60. The van der Waals surface area contributed by atoms with Gasteiger partial charge in [0.05, 0.1) is 5.56 Å². The SMILES string of the molecule is CC(=O)c1csc(NC(=O)/C=C/c2ccc(C(F)(F)F)cc2)n1. The second-order valence-electron chi connectivity index (χ2n) is 4.54. The molecule has 1 aromatic heterocycles. The van der Waals surface area contributed by atoms with Crippen molar-refractivity contribution in [1.82, 2.24) is 4.98 Å². The van der Waals surface area contributed by atoms with Crippen LogP contribution in [0.15, 0.2) is 35.7 Å². The van der Waals surface area contributed by atoms with E-state index in [1.54, 1.807) is 0 Å². The summed E-state index contributed by atoms with van der Waals surface area (Å²) in [6.45, 7) is 1.37. The fourth-order valence-corrected chi connectivity index (χ4v) is 2.35. The molecule has 0 atom stereocenters. The number of carbonyl (C=O) groups is 2. The summed E-state index contributed by atoms with van der Waals surface area (Å²) in [5, 5.41) is 4.27.